The van der Waals surface area contributed by atoms with Crippen molar-refractivity contribution >= 4 is 11.5 Å². The number of carbonyl (C=O) groups excluding carboxylic acids is 1. The third-order valence-corrected chi connectivity index (χ3v) is 3.32. The van der Waals surface area contributed by atoms with Crippen molar-refractivity contribution in [1.82, 2.24) is 10.0 Å². The second-order valence-corrected chi connectivity index (χ2v) is 4.70. The highest BCUT2D eigenvalue weighted by atomic mass is 16.1. The summed E-state index contributed by atoms with van der Waals surface area (Å²) in [6.07, 6.45) is 5.80. The van der Waals surface area contributed by atoms with Gasteiger partial charge < -0.3 is 0 Å². The second-order valence-electron chi connectivity index (χ2n) is 4.70. The fourth-order valence-electron chi connectivity index (χ4n) is 2.29. The number of hydrogen-bond acceptors (Lipinski definition) is 4. The van der Waals surface area contributed by atoms with Crippen LogP contribution in [0.4, 0.5) is 0 Å². The Labute approximate surface area is 119 Å². The maximum Gasteiger partial charge on any atom is 0.152 e. The van der Waals surface area contributed by atoms with Gasteiger partial charge in [0.15, 0.2) is 5.78 Å². The molecule has 0 aliphatic carbocycles. The molecule has 1 atom stereocenters. The monoisotopic (exact) mass is 267 g/mol. The molecule has 0 bridgehead atoms. The van der Waals surface area contributed by atoms with Crippen molar-refractivity contribution in [2.45, 2.75) is 19.9 Å². The number of likely N-dealkylation sites (N-methyl/N-ethyl adjacent to an activating group) is 1. The number of nitrogens with zero attached hydrogens (tertiary/aromatic N) is 3. The van der Waals surface area contributed by atoms with E-state index < -0.39 is 0 Å². The van der Waals surface area contributed by atoms with E-state index in [2.05, 4.69) is 6.07 Å². The third kappa shape index (κ3) is 2.49. The highest BCUT2D eigenvalue weighted by Crippen LogP contribution is 2.30. The number of allylic oxidation sites excluding steroid dienone is 1. The molecule has 20 heavy (non-hydrogen) atoms. The smallest absolute Gasteiger partial charge is 0.152 e. The molecular weight excluding hydrogens is 250 g/mol. The second kappa shape index (κ2) is 5.72. The van der Waals surface area contributed by atoms with Gasteiger partial charge in [0, 0.05) is 13.2 Å². The van der Waals surface area contributed by atoms with E-state index in [9.17, 15) is 4.79 Å². The molecule has 0 N–H and O–H groups in total. The molecule has 1 unspecified atom stereocenters. The molecule has 1 aliphatic heterocycles. The maximum atomic E-state index is 11.7. The molecule has 2 rings (SSSR count). The van der Waals surface area contributed by atoms with E-state index in [0.29, 0.717) is 5.56 Å². The zero-order valence-corrected chi connectivity index (χ0v) is 11.9. The van der Waals surface area contributed by atoms with Crippen molar-refractivity contribution in [2.24, 2.45) is 0 Å². The minimum Gasteiger partial charge on any atom is -0.298 e. The molecule has 0 saturated heterocycles. The van der Waals surface area contributed by atoms with Crippen molar-refractivity contribution in [3.63, 3.8) is 0 Å². The van der Waals surface area contributed by atoms with Gasteiger partial charge in [-0.3, -0.25) is 9.80 Å². The Balaban J connectivity index is 2.42. The summed E-state index contributed by atoms with van der Waals surface area (Å²) in [6.45, 7) is 3.53. The van der Waals surface area contributed by atoms with Gasteiger partial charge in [-0.1, -0.05) is 18.2 Å². The van der Waals surface area contributed by atoms with Crippen molar-refractivity contribution in [3.05, 3.63) is 53.7 Å². The molecule has 1 aromatic rings. The zero-order valence-electron chi connectivity index (χ0n) is 11.9. The number of ketones is 1. The highest BCUT2D eigenvalue weighted by Gasteiger charge is 2.31. The summed E-state index contributed by atoms with van der Waals surface area (Å²) in [5, 5.41) is 12.7. The SMILES string of the molecule is C/C=C/N1C(c2ccc(C#N)cc2)=CC(C(C)=O)N1C. The molecule has 0 saturated carbocycles. The third-order valence-electron chi connectivity index (χ3n) is 3.32. The summed E-state index contributed by atoms with van der Waals surface area (Å²) in [5.41, 5.74) is 2.56. The van der Waals surface area contributed by atoms with Gasteiger partial charge in [0.25, 0.3) is 0 Å². The average molecular weight is 267 g/mol. The lowest BCUT2D eigenvalue weighted by atomic mass is 10.1. The van der Waals surface area contributed by atoms with Gasteiger partial charge in [-0.05, 0) is 37.6 Å². The van der Waals surface area contributed by atoms with Gasteiger partial charge in [-0.25, -0.2) is 5.01 Å². The van der Waals surface area contributed by atoms with E-state index in [4.69, 9.17) is 5.26 Å². The van der Waals surface area contributed by atoms with Gasteiger partial charge in [0.2, 0.25) is 0 Å². The number of benzene rings is 1. The summed E-state index contributed by atoms with van der Waals surface area (Å²) in [5.74, 6) is 0.102. The minimum atomic E-state index is -0.253. The Morgan fingerprint density at radius 1 is 1.35 bits per heavy atom. The van der Waals surface area contributed by atoms with Crippen LogP contribution in [-0.4, -0.2) is 28.9 Å². The quantitative estimate of drug-likeness (QED) is 0.844. The van der Waals surface area contributed by atoms with Crippen LogP contribution in [0.1, 0.15) is 25.0 Å². The molecule has 4 nitrogen and oxygen atoms in total. The van der Waals surface area contributed by atoms with Crippen LogP contribution in [0.15, 0.2) is 42.6 Å². The lowest BCUT2D eigenvalue weighted by Gasteiger charge is -2.28. The largest absolute Gasteiger partial charge is 0.298 e. The summed E-state index contributed by atoms with van der Waals surface area (Å²) >= 11 is 0. The first-order valence-electron chi connectivity index (χ1n) is 6.46. The first-order chi connectivity index (χ1) is 9.58. The van der Waals surface area contributed by atoms with Crippen LogP contribution in [0.25, 0.3) is 5.70 Å². The van der Waals surface area contributed by atoms with E-state index in [1.54, 1.807) is 19.1 Å². The molecule has 0 amide bonds. The van der Waals surface area contributed by atoms with Gasteiger partial charge in [-0.2, -0.15) is 5.26 Å². The van der Waals surface area contributed by atoms with Crippen LogP contribution in [0.2, 0.25) is 0 Å². The highest BCUT2D eigenvalue weighted by molar-refractivity contribution is 5.87. The van der Waals surface area contributed by atoms with Crippen LogP contribution in [0.3, 0.4) is 0 Å². The molecule has 1 aromatic carbocycles. The lowest BCUT2D eigenvalue weighted by molar-refractivity contribution is -0.122. The van der Waals surface area contributed by atoms with E-state index >= 15 is 0 Å². The van der Waals surface area contributed by atoms with Crippen molar-refractivity contribution in [1.29, 1.82) is 5.26 Å². The number of nitriles is 1. The molecular formula is C16H17N3O. The zero-order chi connectivity index (χ0) is 14.7. The summed E-state index contributed by atoms with van der Waals surface area (Å²) in [4.78, 5) is 11.7. The Bertz CT molecular complexity index is 608. The first kappa shape index (κ1) is 14.0. The Kier molecular flexibility index (Phi) is 4.02. The fourth-order valence-corrected chi connectivity index (χ4v) is 2.29. The normalized spacial score (nSPS) is 19.2. The maximum absolute atomic E-state index is 11.7. The number of hydrazine groups is 1. The standard InChI is InChI=1S/C16H17N3O/c1-4-9-19-16(10-15(12(2)20)18(19)3)14-7-5-13(11-17)6-8-14/h4-10,15H,1-3H3/b9-4+. The Morgan fingerprint density at radius 2 is 2.00 bits per heavy atom. The van der Waals surface area contributed by atoms with E-state index in [1.165, 1.54) is 0 Å². The topological polar surface area (TPSA) is 47.3 Å². The fraction of sp³-hybridized carbons (Fsp3) is 0.250. The van der Waals surface area contributed by atoms with Crippen LogP contribution < -0.4 is 0 Å². The minimum absolute atomic E-state index is 0.102. The van der Waals surface area contributed by atoms with Crippen molar-refractivity contribution in [3.8, 4) is 6.07 Å². The predicted molar refractivity (Wildman–Crippen MR) is 78.0 cm³/mol. The Morgan fingerprint density at radius 3 is 2.50 bits per heavy atom. The average Bonchev–Trinajstić information content (AvgIpc) is 2.77. The summed E-state index contributed by atoms with van der Waals surface area (Å²) in [7, 11) is 1.89. The van der Waals surface area contributed by atoms with E-state index in [-0.39, 0.29) is 11.8 Å². The van der Waals surface area contributed by atoms with Gasteiger partial charge in [0.1, 0.15) is 6.04 Å². The number of carbonyl (C=O) groups is 1. The molecule has 0 radical (unpaired) electrons. The van der Waals surface area contributed by atoms with Crippen LogP contribution >= 0.6 is 0 Å². The number of hydrogen-bond donors (Lipinski definition) is 0. The molecule has 1 heterocycles. The van der Waals surface area contributed by atoms with Gasteiger partial charge in [-0.15, -0.1) is 0 Å². The van der Waals surface area contributed by atoms with Crippen molar-refractivity contribution < 1.29 is 4.79 Å². The molecule has 0 aromatic heterocycles. The molecule has 4 heteroatoms. The Hall–Kier alpha value is -2.38. The van der Waals surface area contributed by atoms with Crippen LogP contribution in [0.5, 0.6) is 0 Å². The van der Waals surface area contributed by atoms with Crippen LogP contribution in [-0.2, 0) is 4.79 Å². The van der Waals surface area contributed by atoms with Gasteiger partial charge >= 0.3 is 0 Å². The first-order valence-corrected chi connectivity index (χ1v) is 6.46. The molecule has 0 spiro atoms. The summed E-state index contributed by atoms with van der Waals surface area (Å²) < 4.78 is 0. The van der Waals surface area contributed by atoms with Crippen molar-refractivity contribution in [2.75, 3.05) is 7.05 Å². The lowest BCUT2D eigenvalue weighted by Crippen LogP contribution is -2.39. The molecule has 1 aliphatic rings. The van der Waals surface area contributed by atoms with E-state index in [1.807, 2.05) is 54.5 Å². The van der Waals surface area contributed by atoms with E-state index in [0.717, 1.165) is 11.3 Å². The number of rotatable bonds is 3. The molecule has 102 valence electrons. The van der Waals surface area contributed by atoms with Gasteiger partial charge in [0.05, 0.1) is 17.3 Å². The summed E-state index contributed by atoms with van der Waals surface area (Å²) in [6, 6.07) is 9.22. The van der Waals surface area contributed by atoms with Crippen LogP contribution in [0, 0.1) is 11.3 Å². The number of Topliss-reactive ketones (excluding diaryl/α,β-unsaturated/α-hetero) is 1. The molecule has 0 fully saturated rings. The predicted octanol–water partition coefficient (Wildman–Crippen LogP) is 2.55.